The Labute approximate surface area is 207 Å². The molecule has 1 aromatic heterocycles. The number of methoxy groups -OCH3 is 1. The normalized spacial score (nSPS) is 21.5. The first-order valence-corrected chi connectivity index (χ1v) is 12.3. The molecule has 1 aliphatic rings. The van der Waals surface area contributed by atoms with Crippen LogP contribution in [0.3, 0.4) is 0 Å². The fourth-order valence-corrected chi connectivity index (χ4v) is 4.74. The summed E-state index contributed by atoms with van der Waals surface area (Å²) < 4.78 is 17.6. The van der Waals surface area contributed by atoms with Crippen molar-refractivity contribution in [2.45, 2.75) is 65.3 Å². The summed E-state index contributed by atoms with van der Waals surface area (Å²) in [5, 5.41) is 0. The molecule has 0 saturated heterocycles. The van der Waals surface area contributed by atoms with Gasteiger partial charge in [0.15, 0.2) is 5.69 Å². The van der Waals surface area contributed by atoms with Gasteiger partial charge in [-0.3, -0.25) is 4.98 Å². The number of aromatic nitrogens is 2. The number of cyclic esters (lactones) is 1. The second-order valence-electron chi connectivity index (χ2n) is 9.17. The molecular weight excluding hydrogens is 444 g/mol. The molecule has 2 heterocycles. The molecule has 188 valence electrons. The van der Waals surface area contributed by atoms with Gasteiger partial charge < -0.3 is 14.2 Å². The number of rotatable bonds is 11. The SMILES string of the molecule is C/C=C/C[C@H](C)[C@@H](OC)[C@@H](C)[C@@H](C[C@H]1OC(=O)C=C[C@H]1CC)OC(=O)c1cnc2ccccc2n1. The maximum atomic E-state index is 13.2. The molecule has 0 saturated carbocycles. The van der Waals surface area contributed by atoms with Crippen LogP contribution < -0.4 is 0 Å². The van der Waals surface area contributed by atoms with Crippen molar-refractivity contribution in [2.24, 2.45) is 17.8 Å². The van der Waals surface area contributed by atoms with Crippen LogP contribution in [0.1, 0.15) is 57.4 Å². The zero-order chi connectivity index (χ0) is 25.4. The summed E-state index contributed by atoms with van der Waals surface area (Å²) in [6.07, 6.45) is 9.84. The second kappa shape index (κ2) is 12.6. The lowest BCUT2D eigenvalue weighted by Crippen LogP contribution is -2.42. The maximum absolute atomic E-state index is 13.2. The van der Waals surface area contributed by atoms with Crippen molar-refractivity contribution in [2.75, 3.05) is 7.11 Å². The third-order valence-corrected chi connectivity index (χ3v) is 6.76. The number of para-hydroxylation sites is 2. The fourth-order valence-electron chi connectivity index (χ4n) is 4.74. The van der Waals surface area contributed by atoms with E-state index < -0.39 is 12.1 Å². The predicted octanol–water partition coefficient (Wildman–Crippen LogP) is 5.31. The van der Waals surface area contributed by atoms with Crippen molar-refractivity contribution >= 4 is 23.0 Å². The molecule has 0 aliphatic carbocycles. The molecule has 0 bridgehead atoms. The van der Waals surface area contributed by atoms with Crippen LogP contribution in [0.2, 0.25) is 0 Å². The molecule has 0 fully saturated rings. The fraction of sp³-hybridized carbons (Fsp3) is 0.500. The molecule has 7 nitrogen and oxygen atoms in total. The van der Waals surface area contributed by atoms with Gasteiger partial charge in [-0.15, -0.1) is 0 Å². The molecule has 0 spiro atoms. The molecule has 7 heteroatoms. The molecule has 6 atom stereocenters. The standard InChI is InChI=1S/C28H36N2O5/c1-6-8-11-18(3)27(33-5)19(4)24(16-25-20(7-2)14-15-26(31)34-25)35-28(32)23-17-29-21-12-9-10-13-22(21)30-23/h6,8-10,12-15,17-20,24-25,27H,7,11,16H2,1-5H3/b8-6+/t18-,19-,20+,24+,25+,27+/m0/s1. The summed E-state index contributed by atoms with van der Waals surface area (Å²) >= 11 is 0. The number of hydrogen-bond donors (Lipinski definition) is 0. The van der Waals surface area contributed by atoms with E-state index in [2.05, 4.69) is 23.0 Å². The van der Waals surface area contributed by atoms with E-state index in [9.17, 15) is 9.59 Å². The van der Waals surface area contributed by atoms with Crippen molar-refractivity contribution in [1.29, 1.82) is 0 Å². The van der Waals surface area contributed by atoms with Crippen molar-refractivity contribution < 1.29 is 23.8 Å². The highest BCUT2D eigenvalue weighted by Crippen LogP contribution is 2.31. The van der Waals surface area contributed by atoms with Crippen molar-refractivity contribution in [3.63, 3.8) is 0 Å². The van der Waals surface area contributed by atoms with Crippen LogP contribution in [0.15, 0.2) is 54.8 Å². The van der Waals surface area contributed by atoms with Crippen LogP contribution in [-0.4, -0.2) is 47.3 Å². The van der Waals surface area contributed by atoms with Gasteiger partial charge in [0.1, 0.15) is 12.2 Å². The molecule has 0 N–H and O–H groups in total. The maximum Gasteiger partial charge on any atom is 0.358 e. The molecule has 1 aliphatic heterocycles. The lowest BCUT2D eigenvalue weighted by Gasteiger charge is -2.36. The van der Waals surface area contributed by atoms with Crippen LogP contribution >= 0.6 is 0 Å². The molecule has 3 rings (SSSR count). The topological polar surface area (TPSA) is 87.6 Å². The monoisotopic (exact) mass is 480 g/mol. The Balaban J connectivity index is 1.87. The first-order valence-electron chi connectivity index (χ1n) is 12.3. The van der Waals surface area contributed by atoms with E-state index in [4.69, 9.17) is 14.2 Å². The number of benzene rings is 1. The van der Waals surface area contributed by atoms with Gasteiger partial charge in [0.25, 0.3) is 0 Å². The Kier molecular flexibility index (Phi) is 9.55. The Morgan fingerprint density at radius 3 is 2.66 bits per heavy atom. The number of ether oxygens (including phenoxy) is 3. The average Bonchev–Trinajstić information content (AvgIpc) is 2.87. The van der Waals surface area contributed by atoms with Crippen molar-refractivity contribution in [3.8, 4) is 0 Å². The molecule has 1 aromatic carbocycles. The number of hydrogen-bond acceptors (Lipinski definition) is 7. The molecular formula is C28H36N2O5. The summed E-state index contributed by atoms with van der Waals surface area (Å²) in [6.45, 7) is 8.18. The summed E-state index contributed by atoms with van der Waals surface area (Å²) in [6, 6.07) is 7.37. The first-order chi connectivity index (χ1) is 16.9. The highest BCUT2D eigenvalue weighted by molar-refractivity contribution is 5.89. The van der Waals surface area contributed by atoms with E-state index in [0.29, 0.717) is 17.5 Å². The molecule has 0 unspecified atom stereocenters. The number of allylic oxidation sites excluding steroid dienone is 2. The Hall–Kier alpha value is -3.06. The average molecular weight is 481 g/mol. The largest absolute Gasteiger partial charge is 0.458 e. The van der Waals surface area contributed by atoms with E-state index in [1.165, 1.54) is 12.3 Å². The number of nitrogens with zero attached hydrogens (tertiary/aromatic N) is 2. The lowest BCUT2D eigenvalue weighted by atomic mass is 9.83. The van der Waals surface area contributed by atoms with E-state index in [-0.39, 0.29) is 41.6 Å². The quantitative estimate of drug-likeness (QED) is 0.318. The van der Waals surface area contributed by atoms with Gasteiger partial charge in [-0.2, -0.15) is 0 Å². The van der Waals surface area contributed by atoms with Crippen molar-refractivity contribution in [3.05, 3.63) is 60.5 Å². The van der Waals surface area contributed by atoms with Gasteiger partial charge in [-0.1, -0.05) is 51.1 Å². The molecule has 2 aromatic rings. The van der Waals surface area contributed by atoms with Crippen LogP contribution in [0.25, 0.3) is 11.0 Å². The van der Waals surface area contributed by atoms with E-state index >= 15 is 0 Å². The zero-order valence-electron chi connectivity index (χ0n) is 21.2. The van der Waals surface area contributed by atoms with Crippen molar-refractivity contribution in [1.82, 2.24) is 9.97 Å². The van der Waals surface area contributed by atoms with E-state index in [0.717, 1.165) is 12.8 Å². The van der Waals surface area contributed by atoms with E-state index in [1.807, 2.05) is 57.2 Å². The Morgan fingerprint density at radius 1 is 1.23 bits per heavy atom. The zero-order valence-corrected chi connectivity index (χ0v) is 21.2. The summed E-state index contributed by atoms with van der Waals surface area (Å²) in [5.41, 5.74) is 1.47. The number of carbonyl (C=O) groups is 2. The third kappa shape index (κ3) is 6.75. The minimum atomic E-state index is -0.554. The van der Waals surface area contributed by atoms with Gasteiger partial charge in [0, 0.05) is 31.4 Å². The van der Waals surface area contributed by atoms with Gasteiger partial charge in [0.05, 0.1) is 23.3 Å². The summed E-state index contributed by atoms with van der Waals surface area (Å²) in [5.74, 6) is -0.823. The Morgan fingerprint density at radius 2 is 1.97 bits per heavy atom. The van der Waals surface area contributed by atoms with Crippen LogP contribution in [0.5, 0.6) is 0 Å². The van der Waals surface area contributed by atoms with Gasteiger partial charge >= 0.3 is 11.9 Å². The van der Waals surface area contributed by atoms with Gasteiger partial charge in [0.2, 0.25) is 0 Å². The number of esters is 2. The predicted molar refractivity (Wildman–Crippen MR) is 135 cm³/mol. The Bertz CT molecular complexity index is 1070. The van der Waals surface area contributed by atoms with Crippen LogP contribution in [-0.2, 0) is 19.0 Å². The number of carbonyl (C=O) groups excluding carboxylic acids is 2. The van der Waals surface area contributed by atoms with Crippen LogP contribution in [0.4, 0.5) is 0 Å². The first kappa shape index (κ1) is 26.5. The summed E-state index contributed by atoms with van der Waals surface area (Å²) in [7, 11) is 1.68. The molecule has 0 radical (unpaired) electrons. The lowest BCUT2D eigenvalue weighted by molar-refractivity contribution is -0.149. The molecule has 0 amide bonds. The van der Waals surface area contributed by atoms with Crippen LogP contribution in [0, 0.1) is 17.8 Å². The highest BCUT2D eigenvalue weighted by Gasteiger charge is 2.37. The summed E-state index contributed by atoms with van der Waals surface area (Å²) in [4.78, 5) is 34.0. The third-order valence-electron chi connectivity index (χ3n) is 6.76. The minimum Gasteiger partial charge on any atom is -0.458 e. The second-order valence-corrected chi connectivity index (χ2v) is 9.17. The molecule has 35 heavy (non-hydrogen) atoms. The van der Waals surface area contributed by atoms with Gasteiger partial charge in [-0.05, 0) is 37.8 Å². The number of fused-ring (bicyclic) bond motifs is 1. The smallest absolute Gasteiger partial charge is 0.358 e. The van der Waals surface area contributed by atoms with E-state index in [1.54, 1.807) is 7.11 Å². The van der Waals surface area contributed by atoms with Gasteiger partial charge in [-0.25, -0.2) is 14.6 Å². The minimum absolute atomic E-state index is 0.0583. The highest BCUT2D eigenvalue weighted by atomic mass is 16.6.